The molecule has 1 aromatic carbocycles. The van der Waals surface area contributed by atoms with E-state index in [-0.39, 0.29) is 16.8 Å². The molecule has 0 saturated heterocycles. The van der Waals surface area contributed by atoms with Crippen LogP contribution in [0.5, 0.6) is 0 Å². The Balaban J connectivity index is 3.01. The molecule has 0 heterocycles. The molecule has 0 radical (unpaired) electrons. The Morgan fingerprint density at radius 3 is 2.74 bits per heavy atom. The van der Waals surface area contributed by atoms with Crippen LogP contribution in [-0.4, -0.2) is 26.0 Å². The molecule has 108 valence electrons. The van der Waals surface area contributed by atoms with Crippen molar-refractivity contribution in [3.8, 4) is 0 Å². The summed E-state index contributed by atoms with van der Waals surface area (Å²) in [6.45, 7) is 3.69. The second-order valence-electron chi connectivity index (χ2n) is 4.00. The summed E-state index contributed by atoms with van der Waals surface area (Å²) in [6.07, 6.45) is 0. The molecule has 0 bridgehead atoms. The highest BCUT2D eigenvalue weighted by atomic mass is 35.5. The lowest BCUT2D eigenvalue weighted by Gasteiger charge is -2.14. The minimum atomic E-state index is -3.97. The number of benzene rings is 1. The first-order valence-corrected chi connectivity index (χ1v) is 8.64. The highest BCUT2D eigenvalue weighted by Gasteiger charge is 2.23. The summed E-state index contributed by atoms with van der Waals surface area (Å²) in [5.41, 5.74) is 5.59. The zero-order valence-electron chi connectivity index (χ0n) is 10.6. The first kappa shape index (κ1) is 16.6. The lowest BCUT2D eigenvalue weighted by atomic mass is 10.3. The summed E-state index contributed by atoms with van der Waals surface area (Å²) >= 11 is 7.19. The standard InChI is InChI=1S/C11H16ClFN2O2S2/c1-3-18-6-7(2)15-19(16,17)10-5-8(14)4-9(12)11(10)13/h4-5,7,15H,3,6,14H2,1-2H3. The number of anilines is 1. The zero-order valence-corrected chi connectivity index (χ0v) is 13.0. The van der Waals surface area contributed by atoms with Gasteiger partial charge in [0.25, 0.3) is 0 Å². The molecule has 1 unspecified atom stereocenters. The van der Waals surface area contributed by atoms with Crippen molar-refractivity contribution in [3.63, 3.8) is 0 Å². The van der Waals surface area contributed by atoms with Crippen LogP contribution < -0.4 is 10.5 Å². The zero-order chi connectivity index (χ0) is 14.6. The van der Waals surface area contributed by atoms with Gasteiger partial charge in [-0.3, -0.25) is 0 Å². The third-order valence-electron chi connectivity index (χ3n) is 2.23. The highest BCUT2D eigenvalue weighted by molar-refractivity contribution is 7.99. The smallest absolute Gasteiger partial charge is 0.243 e. The van der Waals surface area contributed by atoms with Crippen LogP contribution in [0.4, 0.5) is 10.1 Å². The highest BCUT2D eigenvalue weighted by Crippen LogP contribution is 2.25. The quantitative estimate of drug-likeness (QED) is 0.788. The maximum Gasteiger partial charge on any atom is 0.243 e. The lowest BCUT2D eigenvalue weighted by Crippen LogP contribution is -2.34. The Hall–Kier alpha value is -0.500. The molecule has 1 rings (SSSR count). The number of halogens is 2. The van der Waals surface area contributed by atoms with Crippen LogP contribution in [0.1, 0.15) is 13.8 Å². The Bertz CT molecular complexity index is 552. The Labute approximate surface area is 121 Å². The van der Waals surface area contributed by atoms with Crippen molar-refractivity contribution < 1.29 is 12.8 Å². The molecule has 0 aromatic heterocycles. The van der Waals surface area contributed by atoms with Crippen LogP contribution >= 0.6 is 23.4 Å². The van der Waals surface area contributed by atoms with E-state index >= 15 is 0 Å². The molecule has 3 N–H and O–H groups in total. The van der Waals surface area contributed by atoms with Crippen LogP contribution in [0.25, 0.3) is 0 Å². The van der Waals surface area contributed by atoms with E-state index in [1.807, 2.05) is 6.92 Å². The SMILES string of the molecule is CCSCC(C)NS(=O)(=O)c1cc(N)cc(Cl)c1F. The molecule has 19 heavy (non-hydrogen) atoms. The maximum absolute atomic E-state index is 13.8. The van der Waals surface area contributed by atoms with Crippen LogP contribution in [0.3, 0.4) is 0 Å². The predicted molar refractivity (Wildman–Crippen MR) is 78.6 cm³/mol. The van der Waals surface area contributed by atoms with E-state index in [4.69, 9.17) is 17.3 Å². The van der Waals surface area contributed by atoms with Gasteiger partial charge in [0, 0.05) is 17.5 Å². The summed E-state index contributed by atoms with van der Waals surface area (Å²) in [5.74, 6) is 0.497. The fraction of sp³-hybridized carbons (Fsp3) is 0.455. The Kier molecular flexibility index (Phi) is 5.91. The first-order valence-electron chi connectivity index (χ1n) is 5.62. The Morgan fingerprint density at radius 1 is 1.53 bits per heavy atom. The maximum atomic E-state index is 13.8. The summed E-state index contributed by atoms with van der Waals surface area (Å²) in [6, 6.07) is 1.92. The van der Waals surface area contributed by atoms with Gasteiger partial charge in [-0.15, -0.1) is 0 Å². The molecule has 8 heteroatoms. The van der Waals surface area contributed by atoms with Crippen molar-refractivity contribution in [3.05, 3.63) is 23.0 Å². The molecule has 0 aliphatic carbocycles. The van der Waals surface area contributed by atoms with E-state index in [0.29, 0.717) is 5.75 Å². The fourth-order valence-corrected chi connectivity index (χ4v) is 3.88. The second-order valence-corrected chi connectivity index (χ2v) is 7.41. The molecule has 1 atom stereocenters. The molecular formula is C11H16ClFN2O2S2. The van der Waals surface area contributed by atoms with Gasteiger partial charge in [-0.2, -0.15) is 11.8 Å². The molecule has 0 aliphatic rings. The average molecular weight is 327 g/mol. The van der Waals surface area contributed by atoms with Crippen LogP contribution in [0.15, 0.2) is 17.0 Å². The van der Waals surface area contributed by atoms with Gasteiger partial charge >= 0.3 is 0 Å². The number of nitrogen functional groups attached to an aromatic ring is 1. The van der Waals surface area contributed by atoms with Crippen molar-refractivity contribution in [2.75, 3.05) is 17.2 Å². The molecule has 0 fully saturated rings. The van der Waals surface area contributed by atoms with E-state index in [2.05, 4.69) is 4.72 Å². The van der Waals surface area contributed by atoms with Crippen LogP contribution in [0, 0.1) is 5.82 Å². The minimum Gasteiger partial charge on any atom is -0.399 e. The molecule has 1 aromatic rings. The summed E-state index contributed by atoms with van der Waals surface area (Å²) in [5, 5.41) is -0.309. The van der Waals surface area contributed by atoms with Crippen LogP contribution in [0.2, 0.25) is 5.02 Å². The van der Waals surface area contributed by atoms with Gasteiger partial charge in [0.05, 0.1) is 5.02 Å². The van der Waals surface area contributed by atoms with Gasteiger partial charge in [0.15, 0.2) is 5.82 Å². The largest absolute Gasteiger partial charge is 0.399 e. The fourth-order valence-electron chi connectivity index (χ4n) is 1.44. The van der Waals surface area contributed by atoms with Gasteiger partial charge in [0.1, 0.15) is 4.90 Å². The Morgan fingerprint density at radius 2 is 2.16 bits per heavy atom. The van der Waals surface area contributed by atoms with E-state index in [1.54, 1.807) is 18.7 Å². The third kappa shape index (κ3) is 4.52. The number of hydrogen-bond donors (Lipinski definition) is 2. The van der Waals surface area contributed by atoms with E-state index in [1.165, 1.54) is 6.07 Å². The number of nitrogens with one attached hydrogen (secondary N) is 1. The molecule has 0 saturated carbocycles. The van der Waals surface area contributed by atoms with E-state index in [0.717, 1.165) is 11.8 Å². The normalized spacial score (nSPS) is 13.5. The van der Waals surface area contributed by atoms with Gasteiger partial charge in [-0.05, 0) is 24.8 Å². The first-order chi connectivity index (χ1) is 8.77. The van der Waals surface area contributed by atoms with Crippen molar-refractivity contribution in [1.82, 2.24) is 4.72 Å². The van der Waals surface area contributed by atoms with Crippen molar-refractivity contribution in [2.24, 2.45) is 0 Å². The minimum absolute atomic E-state index is 0.0994. The number of thioether (sulfide) groups is 1. The number of rotatable bonds is 6. The topological polar surface area (TPSA) is 72.2 Å². The number of nitrogens with two attached hydrogens (primary N) is 1. The van der Waals surface area contributed by atoms with Gasteiger partial charge < -0.3 is 5.73 Å². The third-order valence-corrected chi connectivity index (χ3v) is 5.24. The van der Waals surface area contributed by atoms with Gasteiger partial charge in [-0.1, -0.05) is 18.5 Å². The lowest BCUT2D eigenvalue weighted by molar-refractivity contribution is 0.550. The summed E-state index contributed by atoms with van der Waals surface area (Å²) < 4.78 is 40.3. The second kappa shape index (κ2) is 6.78. The monoisotopic (exact) mass is 326 g/mol. The molecule has 0 amide bonds. The predicted octanol–water partition coefficient (Wildman–Crippen LogP) is 2.48. The number of hydrogen-bond acceptors (Lipinski definition) is 4. The summed E-state index contributed by atoms with van der Waals surface area (Å²) in [4.78, 5) is -0.522. The van der Waals surface area contributed by atoms with Crippen molar-refractivity contribution in [2.45, 2.75) is 24.8 Å². The molecule has 0 aliphatic heterocycles. The van der Waals surface area contributed by atoms with Crippen LogP contribution in [-0.2, 0) is 10.0 Å². The number of sulfonamides is 1. The summed E-state index contributed by atoms with van der Waals surface area (Å²) in [7, 11) is -3.97. The van der Waals surface area contributed by atoms with Gasteiger partial charge in [-0.25, -0.2) is 17.5 Å². The van der Waals surface area contributed by atoms with E-state index < -0.39 is 20.7 Å². The molecular weight excluding hydrogens is 311 g/mol. The van der Waals surface area contributed by atoms with Gasteiger partial charge in [0.2, 0.25) is 10.0 Å². The van der Waals surface area contributed by atoms with Crippen molar-refractivity contribution in [1.29, 1.82) is 0 Å². The molecule has 4 nitrogen and oxygen atoms in total. The average Bonchev–Trinajstić information content (AvgIpc) is 2.30. The molecule has 0 spiro atoms. The van der Waals surface area contributed by atoms with E-state index in [9.17, 15) is 12.8 Å². The van der Waals surface area contributed by atoms with Crippen molar-refractivity contribution >= 4 is 39.1 Å².